The van der Waals surface area contributed by atoms with Gasteiger partial charge >= 0.3 is 5.97 Å². The molecule has 0 spiro atoms. The molecular weight excluding hydrogens is 246 g/mol. The second-order valence-corrected chi connectivity index (χ2v) is 4.97. The van der Waals surface area contributed by atoms with Crippen molar-refractivity contribution >= 4 is 17.6 Å². The van der Waals surface area contributed by atoms with Gasteiger partial charge in [-0.1, -0.05) is 12.5 Å². The van der Waals surface area contributed by atoms with Crippen LogP contribution in [0.1, 0.15) is 24.8 Å². The number of hydrogen-bond donors (Lipinski definition) is 3. The van der Waals surface area contributed by atoms with E-state index in [0.29, 0.717) is 18.5 Å². The van der Waals surface area contributed by atoms with Crippen LogP contribution in [0.4, 0.5) is 5.69 Å². The number of carbonyl (C=O) groups is 2. The molecule has 0 heterocycles. The molecule has 1 aromatic rings. The number of nitrogens with one attached hydrogen (secondary N) is 1. The molecule has 19 heavy (non-hydrogen) atoms. The summed E-state index contributed by atoms with van der Waals surface area (Å²) >= 11 is 0. The summed E-state index contributed by atoms with van der Waals surface area (Å²) in [5, 5.41) is 21.3. The predicted octanol–water partition coefficient (Wildman–Crippen LogP) is 2.14. The van der Waals surface area contributed by atoms with Crippen molar-refractivity contribution in [2.45, 2.75) is 26.2 Å². The van der Waals surface area contributed by atoms with Crippen molar-refractivity contribution in [3.05, 3.63) is 23.8 Å². The first-order valence-corrected chi connectivity index (χ1v) is 6.32. The molecule has 1 aromatic carbocycles. The number of amides is 1. The molecule has 1 saturated carbocycles. The molecule has 0 saturated heterocycles. The first kappa shape index (κ1) is 13.4. The maximum Gasteiger partial charge on any atom is 0.307 e. The van der Waals surface area contributed by atoms with Crippen LogP contribution in [-0.4, -0.2) is 22.1 Å². The van der Waals surface area contributed by atoms with Gasteiger partial charge in [-0.15, -0.1) is 0 Å². The summed E-state index contributed by atoms with van der Waals surface area (Å²) in [6.45, 7) is 1.76. The van der Waals surface area contributed by atoms with Gasteiger partial charge in [0.25, 0.3) is 0 Å². The Labute approximate surface area is 111 Å². The fourth-order valence-corrected chi connectivity index (χ4v) is 2.49. The van der Waals surface area contributed by atoms with Gasteiger partial charge in [0.2, 0.25) is 5.91 Å². The smallest absolute Gasteiger partial charge is 0.307 e. The van der Waals surface area contributed by atoms with E-state index in [9.17, 15) is 14.7 Å². The molecule has 2 rings (SSSR count). The number of carboxylic acids is 1. The zero-order valence-electron chi connectivity index (χ0n) is 10.7. The predicted molar refractivity (Wildman–Crippen MR) is 69.9 cm³/mol. The van der Waals surface area contributed by atoms with Crippen molar-refractivity contribution in [3.63, 3.8) is 0 Å². The van der Waals surface area contributed by atoms with E-state index in [1.165, 1.54) is 6.07 Å². The van der Waals surface area contributed by atoms with Crippen LogP contribution >= 0.6 is 0 Å². The Balaban J connectivity index is 2.08. The van der Waals surface area contributed by atoms with Crippen LogP contribution < -0.4 is 5.32 Å². The molecule has 0 unspecified atom stereocenters. The number of anilines is 1. The molecule has 102 valence electrons. The van der Waals surface area contributed by atoms with Gasteiger partial charge in [-0.25, -0.2) is 0 Å². The van der Waals surface area contributed by atoms with Crippen LogP contribution in [0.25, 0.3) is 0 Å². The molecule has 1 aliphatic rings. The van der Waals surface area contributed by atoms with Gasteiger partial charge in [-0.05, 0) is 31.4 Å². The third-order valence-corrected chi connectivity index (χ3v) is 3.65. The third-order valence-electron chi connectivity index (χ3n) is 3.65. The Hall–Kier alpha value is -2.04. The topological polar surface area (TPSA) is 86.6 Å². The van der Waals surface area contributed by atoms with Gasteiger partial charge in [-0.3, -0.25) is 9.59 Å². The molecule has 1 fully saturated rings. The quantitative estimate of drug-likeness (QED) is 0.779. The lowest BCUT2D eigenvalue weighted by Gasteiger charge is -2.15. The van der Waals surface area contributed by atoms with Crippen molar-refractivity contribution in [2.24, 2.45) is 11.8 Å². The lowest BCUT2D eigenvalue weighted by atomic mass is 9.95. The van der Waals surface area contributed by atoms with Gasteiger partial charge in [-0.2, -0.15) is 0 Å². The van der Waals surface area contributed by atoms with Crippen LogP contribution in [0, 0.1) is 18.8 Å². The van der Waals surface area contributed by atoms with Crippen LogP contribution in [0.3, 0.4) is 0 Å². The number of carboxylic acid groups (broad SMARTS) is 1. The molecule has 5 nitrogen and oxygen atoms in total. The lowest BCUT2D eigenvalue weighted by molar-refractivity contribution is -0.145. The van der Waals surface area contributed by atoms with Crippen molar-refractivity contribution in [2.75, 3.05) is 5.32 Å². The number of rotatable bonds is 3. The van der Waals surface area contributed by atoms with E-state index in [4.69, 9.17) is 5.11 Å². The molecule has 0 bridgehead atoms. The molecule has 3 N–H and O–H groups in total. The molecule has 1 aliphatic carbocycles. The molecule has 0 radical (unpaired) electrons. The second-order valence-electron chi connectivity index (χ2n) is 4.97. The number of carbonyl (C=O) groups excluding carboxylic acids is 1. The third kappa shape index (κ3) is 2.86. The number of benzene rings is 1. The minimum Gasteiger partial charge on any atom is -0.508 e. The van der Waals surface area contributed by atoms with E-state index < -0.39 is 17.8 Å². The van der Waals surface area contributed by atoms with Gasteiger partial charge < -0.3 is 15.5 Å². The number of aryl methyl sites for hydroxylation is 1. The van der Waals surface area contributed by atoms with Crippen molar-refractivity contribution < 1.29 is 19.8 Å². The average molecular weight is 263 g/mol. The fraction of sp³-hybridized carbons (Fsp3) is 0.429. The highest BCUT2D eigenvalue weighted by molar-refractivity contribution is 5.95. The molecule has 0 aliphatic heterocycles. The Morgan fingerprint density at radius 3 is 2.58 bits per heavy atom. The first-order chi connectivity index (χ1) is 8.99. The van der Waals surface area contributed by atoms with Crippen LogP contribution in [0.2, 0.25) is 0 Å². The maximum absolute atomic E-state index is 12.1. The Morgan fingerprint density at radius 2 is 1.95 bits per heavy atom. The lowest BCUT2D eigenvalue weighted by Crippen LogP contribution is -2.29. The Morgan fingerprint density at radius 1 is 1.26 bits per heavy atom. The van der Waals surface area contributed by atoms with E-state index in [-0.39, 0.29) is 11.7 Å². The zero-order valence-corrected chi connectivity index (χ0v) is 10.7. The summed E-state index contributed by atoms with van der Waals surface area (Å²) in [4.78, 5) is 23.1. The van der Waals surface area contributed by atoms with Crippen molar-refractivity contribution in [1.29, 1.82) is 0 Å². The number of phenolic OH excluding ortho intramolecular Hbond substituents is 1. The SMILES string of the molecule is Cc1ccc(NC(=O)[C@@H]2CCC[C@@H]2C(=O)O)cc1O. The summed E-state index contributed by atoms with van der Waals surface area (Å²) in [7, 11) is 0. The number of hydrogen-bond acceptors (Lipinski definition) is 3. The monoisotopic (exact) mass is 263 g/mol. The highest BCUT2D eigenvalue weighted by Crippen LogP contribution is 2.33. The molecule has 2 atom stereocenters. The minimum atomic E-state index is -0.913. The van der Waals surface area contributed by atoms with Gasteiger partial charge in [0.15, 0.2) is 0 Å². The van der Waals surface area contributed by atoms with E-state index >= 15 is 0 Å². The Bertz CT molecular complexity index is 512. The molecule has 5 heteroatoms. The number of aromatic hydroxyl groups is 1. The Kier molecular flexibility index (Phi) is 3.74. The van der Waals surface area contributed by atoms with Crippen molar-refractivity contribution in [1.82, 2.24) is 0 Å². The first-order valence-electron chi connectivity index (χ1n) is 6.32. The van der Waals surface area contributed by atoms with Gasteiger partial charge in [0, 0.05) is 11.8 Å². The zero-order chi connectivity index (χ0) is 14.0. The second kappa shape index (κ2) is 5.30. The van der Waals surface area contributed by atoms with E-state index in [1.54, 1.807) is 19.1 Å². The van der Waals surface area contributed by atoms with E-state index in [1.807, 2.05) is 0 Å². The summed E-state index contributed by atoms with van der Waals surface area (Å²) in [6, 6.07) is 4.86. The summed E-state index contributed by atoms with van der Waals surface area (Å²) in [6.07, 6.45) is 1.90. The molecular formula is C14H17NO4. The largest absolute Gasteiger partial charge is 0.508 e. The number of aliphatic carboxylic acids is 1. The van der Waals surface area contributed by atoms with Crippen molar-refractivity contribution in [3.8, 4) is 5.75 Å². The van der Waals surface area contributed by atoms with Crippen LogP contribution in [-0.2, 0) is 9.59 Å². The molecule has 1 amide bonds. The fourth-order valence-electron chi connectivity index (χ4n) is 2.49. The summed E-state index contributed by atoms with van der Waals surface area (Å²) in [5.41, 5.74) is 1.21. The standard InChI is InChI=1S/C14H17NO4/c1-8-5-6-9(7-12(8)16)15-13(17)10-3-2-4-11(10)14(18)19/h5-7,10-11,16H,2-4H2,1H3,(H,15,17)(H,18,19)/t10-,11+/m1/s1. The highest BCUT2D eigenvalue weighted by Gasteiger charge is 2.37. The van der Waals surface area contributed by atoms with Crippen LogP contribution in [0.5, 0.6) is 5.75 Å². The van der Waals surface area contributed by atoms with Crippen LogP contribution in [0.15, 0.2) is 18.2 Å². The molecule has 0 aromatic heterocycles. The van der Waals surface area contributed by atoms with Gasteiger partial charge in [0.05, 0.1) is 11.8 Å². The minimum absolute atomic E-state index is 0.110. The highest BCUT2D eigenvalue weighted by atomic mass is 16.4. The number of phenols is 1. The van der Waals surface area contributed by atoms with E-state index in [2.05, 4.69) is 5.32 Å². The normalized spacial score (nSPS) is 22.2. The summed E-state index contributed by atoms with van der Waals surface area (Å²) < 4.78 is 0. The summed E-state index contributed by atoms with van der Waals surface area (Å²) in [5.74, 6) is -2.17. The maximum atomic E-state index is 12.1. The van der Waals surface area contributed by atoms with Gasteiger partial charge in [0.1, 0.15) is 5.75 Å². The van der Waals surface area contributed by atoms with E-state index in [0.717, 1.165) is 12.0 Å². The average Bonchev–Trinajstić information content (AvgIpc) is 2.83.